The quantitative estimate of drug-likeness (QED) is 0.208. The Hall–Kier alpha value is -5.86. The molecule has 0 N–H and O–H groups in total. The number of anilines is 3. The number of hydrogen-bond acceptors (Lipinski definition) is 1. The van der Waals surface area contributed by atoms with E-state index in [1.54, 1.807) is 0 Å². The van der Waals surface area contributed by atoms with E-state index in [0.717, 1.165) is 22.7 Å². The maximum atomic E-state index is 2.44. The molecule has 0 atom stereocenters. The molecule has 206 valence electrons. The van der Waals surface area contributed by atoms with Gasteiger partial charge in [-0.15, -0.1) is 0 Å². The van der Waals surface area contributed by atoms with E-state index in [-0.39, 0.29) is 0 Å². The first-order valence-corrected chi connectivity index (χ1v) is 15.1. The summed E-state index contributed by atoms with van der Waals surface area (Å²) in [6, 6.07) is 61.5. The molecule has 9 rings (SSSR count). The summed E-state index contributed by atoms with van der Waals surface area (Å²) in [4.78, 5) is 2.36. The minimum atomic E-state index is 1.11. The summed E-state index contributed by atoms with van der Waals surface area (Å²) >= 11 is 0. The van der Waals surface area contributed by atoms with Crippen molar-refractivity contribution in [3.8, 4) is 5.69 Å². The number of fused-ring (bicyclic) bond motifs is 8. The van der Waals surface area contributed by atoms with Crippen LogP contribution in [0.15, 0.2) is 170 Å². The molecule has 0 saturated heterocycles. The molecule has 0 radical (unpaired) electrons. The first-order valence-electron chi connectivity index (χ1n) is 15.1. The summed E-state index contributed by atoms with van der Waals surface area (Å²) in [6.45, 7) is 0. The number of aromatic nitrogens is 1. The van der Waals surface area contributed by atoms with Gasteiger partial charge in [-0.25, -0.2) is 0 Å². The van der Waals surface area contributed by atoms with E-state index < -0.39 is 0 Å². The van der Waals surface area contributed by atoms with Crippen molar-refractivity contribution in [2.45, 2.75) is 0 Å². The van der Waals surface area contributed by atoms with Crippen LogP contribution in [0, 0.1) is 0 Å². The molecule has 0 aliphatic rings. The largest absolute Gasteiger partial charge is 0.310 e. The Balaban J connectivity index is 1.33. The molecule has 8 aromatic carbocycles. The fraction of sp³-hybridized carbons (Fsp3) is 0. The molecule has 0 aliphatic carbocycles. The van der Waals surface area contributed by atoms with Crippen molar-refractivity contribution in [1.82, 2.24) is 4.57 Å². The second-order valence-electron chi connectivity index (χ2n) is 11.4. The molecule has 9 aromatic rings. The Kier molecular flexibility index (Phi) is 5.54. The molecule has 0 aliphatic heterocycles. The Bertz CT molecular complexity index is 2410. The lowest BCUT2D eigenvalue weighted by Gasteiger charge is -2.26. The molecule has 1 heterocycles. The van der Waals surface area contributed by atoms with E-state index in [1.165, 1.54) is 54.1 Å². The molecule has 0 unspecified atom stereocenters. The lowest BCUT2D eigenvalue weighted by atomic mass is 10.00. The first-order chi connectivity index (χ1) is 21.8. The highest BCUT2D eigenvalue weighted by Crippen LogP contribution is 2.42. The third kappa shape index (κ3) is 3.82. The van der Waals surface area contributed by atoms with Crippen molar-refractivity contribution in [2.24, 2.45) is 0 Å². The molecule has 0 fully saturated rings. The standard InChI is InChI=1S/C42H28N2/c1-2-15-33(16-3-1)43(36-24-21-29-11-4-5-14-32(29)27-36)34-17-10-18-35(28-34)44-39-25-22-30-12-6-8-19-37(30)41(39)42-38-20-9-7-13-31(38)23-26-40(42)44/h1-28H. The number of hydrogen-bond donors (Lipinski definition) is 0. The van der Waals surface area contributed by atoms with Gasteiger partial charge in [0, 0.05) is 33.5 Å². The molecule has 1 aromatic heterocycles. The second-order valence-corrected chi connectivity index (χ2v) is 11.4. The van der Waals surface area contributed by atoms with Gasteiger partial charge in [-0.2, -0.15) is 0 Å². The zero-order valence-electron chi connectivity index (χ0n) is 24.1. The molecule has 0 saturated carbocycles. The van der Waals surface area contributed by atoms with Gasteiger partial charge in [-0.3, -0.25) is 0 Å². The van der Waals surface area contributed by atoms with Crippen LogP contribution in [0.3, 0.4) is 0 Å². The van der Waals surface area contributed by atoms with E-state index in [0.29, 0.717) is 0 Å². The molecule has 0 amide bonds. The van der Waals surface area contributed by atoms with E-state index in [4.69, 9.17) is 0 Å². The number of nitrogens with zero attached hydrogens (tertiary/aromatic N) is 2. The summed E-state index contributed by atoms with van der Waals surface area (Å²) in [5, 5.41) is 10.1. The number of benzene rings is 8. The van der Waals surface area contributed by atoms with Gasteiger partial charge < -0.3 is 9.47 Å². The lowest BCUT2D eigenvalue weighted by molar-refractivity contribution is 1.17. The molecule has 0 spiro atoms. The van der Waals surface area contributed by atoms with Crippen LogP contribution in [0.1, 0.15) is 0 Å². The predicted octanol–water partition coefficient (Wildman–Crippen LogP) is 11.7. The zero-order valence-corrected chi connectivity index (χ0v) is 24.1. The Labute approximate surface area is 255 Å². The van der Waals surface area contributed by atoms with Crippen LogP contribution in [0.25, 0.3) is 59.8 Å². The highest BCUT2D eigenvalue weighted by atomic mass is 15.1. The van der Waals surface area contributed by atoms with Gasteiger partial charge in [0.2, 0.25) is 0 Å². The normalized spacial score (nSPS) is 11.6. The molecule has 2 heteroatoms. The molecule has 2 nitrogen and oxygen atoms in total. The van der Waals surface area contributed by atoms with E-state index >= 15 is 0 Å². The van der Waals surface area contributed by atoms with Crippen LogP contribution >= 0.6 is 0 Å². The van der Waals surface area contributed by atoms with E-state index in [2.05, 4.69) is 179 Å². The fourth-order valence-corrected chi connectivity index (χ4v) is 6.94. The highest BCUT2D eigenvalue weighted by molar-refractivity contribution is 6.28. The Morgan fingerprint density at radius 1 is 0.341 bits per heavy atom. The molecular weight excluding hydrogens is 532 g/mol. The van der Waals surface area contributed by atoms with Gasteiger partial charge in [0.15, 0.2) is 0 Å². The van der Waals surface area contributed by atoms with E-state index in [9.17, 15) is 0 Å². The predicted molar refractivity (Wildman–Crippen MR) is 188 cm³/mol. The molecule has 44 heavy (non-hydrogen) atoms. The first kappa shape index (κ1) is 24.7. The molecule has 0 bridgehead atoms. The minimum Gasteiger partial charge on any atom is -0.310 e. The van der Waals surface area contributed by atoms with Crippen LogP contribution in [0.4, 0.5) is 17.1 Å². The Morgan fingerprint density at radius 2 is 0.864 bits per heavy atom. The van der Waals surface area contributed by atoms with Crippen molar-refractivity contribution < 1.29 is 0 Å². The Morgan fingerprint density at radius 3 is 1.55 bits per heavy atom. The van der Waals surface area contributed by atoms with E-state index in [1.807, 2.05) is 0 Å². The lowest BCUT2D eigenvalue weighted by Crippen LogP contribution is -2.10. The maximum absolute atomic E-state index is 2.44. The zero-order chi connectivity index (χ0) is 29.0. The average molecular weight is 561 g/mol. The van der Waals surface area contributed by atoms with Crippen molar-refractivity contribution in [3.63, 3.8) is 0 Å². The van der Waals surface area contributed by atoms with Gasteiger partial charge >= 0.3 is 0 Å². The summed E-state index contributed by atoms with van der Waals surface area (Å²) in [5.41, 5.74) is 6.93. The van der Waals surface area contributed by atoms with Crippen molar-refractivity contribution in [1.29, 1.82) is 0 Å². The average Bonchev–Trinajstić information content (AvgIpc) is 3.44. The summed E-state index contributed by atoms with van der Waals surface area (Å²) in [6.07, 6.45) is 0. The third-order valence-electron chi connectivity index (χ3n) is 8.90. The van der Waals surface area contributed by atoms with Gasteiger partial charge in [0.25, 0.3) is 0 Å². The summed E-state index contributed by atoms with van der Waals surface area (Å²) < 4.78 is 2.44. The van der Waals surface area contributed by atoms with Crippen LogP contribution in [-0.4, -0.2) is 4.57 Å². The van der Waals surface area contributed by atoms with Gasteiger partial charge in [-0.1, -0.05) is 115 Å². The fourth-order valence-electron chi connectivity index (χ4n) is 6.94. The van der Waals surface area contributed by atoms with Gasteiger partial charge in [-0.05, 0) is 86.9 Å². The van der Waals surface area contributed by atoms with Crippen LogP contribution in [-0.2, 0) is 0 Å². The smallest absolute Gasteiger partial charge is 0.0547 e. The SMILES string of the molecule is c1ccc(N(c2cccc(-n3c4ccc5ccccc5c4c4c5ccccc5ccc43)c2)c2ccc3ccccc3c2)cc1. The summed E-state index contributed by atoms with van der Waals surface area (Å²) in [5.74, 6) is 0. The van der Waals surface area contributed by atoms with Crippen molar-refractivity contribution in [2.75, 3.05) is 4.90 Å². The second kappa shape index (κ2) is 9.86. The monoisotopic (exact) mass is 560 g/mol. The van der Waals surface area contributed by atoms with Gasteiger partial charge in [0.1, 0.15) is 0 Å². The summed E-state index contributed by atoms with van der Waals surface area (Å²) in [7, 11) is 0. The van der Waals surface area contributed by atoms with Gasteiger partial charge in [0.05, 0.1) is 11.0 Å². The minimum absolute atomic E-state index is 1.11. The topological polar surface area (TPSA) is 8.17 Å². The van der Waals surface area contributed by atoms with Crippen LogP contribution in [0.5, 0.6) is 0 Å². The third-order valence-corrected chi connectivity index (χ3v) is 8.90. The maximum Gasteiger partial charge on any atom is 0.0547 e. The van der Waals surface area contributed by atoms with Crippen LogP contribution < -0.4 is 4.90 Å². The number of para-hydroxylation sites is 1. The molecular formula is C42H28N2. The van der Waals surface area contributed by atoms with Crippen molar-refractivity contribution in [3.05, 3.63) is 170 Å². The van der Waals surface area contributed by atoms with Crippen molar-refractivity contribution >= 4 is 71.2 Å². The van der Waals surface area contributed by atoms with Crippen LogP contribution in [0.2, 0.25) is 0 Å². The number of rotatable bonds is 4. The highest BCUT2D eigenvalue weighted by Gasteiger charge is 2.19.